The molecule has 1 N–H and O–H groups in total. The van der Waals surface area contributed by atoms with Crippen molar-refractivity contribution in [2.75, 3.05) is 6.54 Å². The van der Waals surface area contributed by atoms with Crippen LogP contribution in [-0.4, -0.2) is 16.1 Å². The van der Waals surface area contributed by atoms with Crippen molar-refractivity contribution in [3.05, 3.63) is 10.6 Å². The van der Waals surface area contributed by atoms with Crippen molar-refractivity contribution in [1.29, 1.82) is 0 Å². The van der Waals surface area contributed by atoms with Gasteiger partial charge >= 0.3 is 0 Å². The average molecular weight is 283 g/mol. The van der Waals surface area contributed by atoms with E-state index in [1.807, 2.05) is 0 Å². The van der Waals surface area contributed by atoms with Crippen LogP contribution in [-0.2, 0) is 0 Å². The van der Waals surface area contributed by atoms with Gasteiger partial charge in [0, 0.05) is 6.04 Å². The molecule has 1 aromatic heterocycles. The molecule has 1 heterocycles. The average Bonchev–Trinajstić information content (AvgIpc) is 2.88. The van der Waals surface area contributed by atoms with Crippen LogP contribution >= 0.6 is 11.5 Å². The minimum atomic E-state index is 0.433. The molecular weight excluding hydrogens is 254 g/mol. The lowest BCUT2D eigenvalue weighted by Crippen LogP contribution is -2.24. The first-order valence-electron chi connectivity index (χ1n) is 7.69. The molecule has 1 rings (SSSR count). The zero-order chi connectivity index (χ0) is 14.3. The van der Waals surface area contributed by atoms with Gasteiger partial charge in [-0.15, -0.1) is 5.10 Å². The normalized spacial score (nSPS) is 13.4. The second kappa shape index (κ2) is 8.64. The topological polar surface area (TPSA) is 37.8 Å². The molecule has 0 aromatic carbocycles. The molecule has 0 aliphatic heterocycles. The van der Waals surface area contributed by atoms with Gasteiger partial charge in [0.05, 0.1) is 10.6 Å². The maximum Gasteiger partial charge on any atom is 0.0829 e. The van der Waals surface area contributed by atoms with Crippen LogP contribution in [0.5, 0.6) is 0 Å². The summed E-state index contributed by atoms with van der Waals surface area (Å²) in [6.45, 7) is 12.3. The van der Waals surface area contributed by atoms with Gasteiger partial charge in [-0.1, -0.05) is 51.9 Å². The predicted molar refractivity (Wildman–Crippen MR) is 83.7 cm³/mol. The fourth-order valence-corrected chi connectivity index (χ4v) is 3.30. The van der Waals surface area contributed by atoms with Crippen molar-refractivity contribution < 1.29 is 0 Å². The summed E-state index contributed by atoms with van der Waals surface area (Å²) in [7, 11) is 0. The highest BCUT2D eigenvalue weighted by Gasteiger charge is 2.22. The van der Waals surface area contributed by atoms with Crippen LogP contribution in [0.15, 0.2) is 0 Å². The van der Waals surface area contributed by atoms with E-state index in [1.165, 1.54) is 36.3 Å². The highest BCUT2D eigenvalue weighted by Crippen LogP contribution is 2.32. The summed E-state index contributed by atoms with van der Waals surface area (Å²) in [5.41, 5.74) is 1.18. The Morgan fingerprint density at radius 3 is 2.37 bits per heavy atom. The fourth-order valence-electron chi connectivity index (χ4n) is 2.40. The fraction of sp³-hybridized carbons (Fsp3) is 0.867. The van der Waals surface area contributed by atoms with Gasteiger partial charge in [-0.25, -0.2) is 0 Å². The van der Waals surface area contributed by atoms with Crippen LogP contribution in [0.3, 0.4) is 0 Å². The van der Waals surface area contributed by atoms with Gasteiger partial charge in [0.25, 0.3) is 0 Å². The molecule has 0 bridgehead atoms. The quantitative estimate of drug-likeness (QED) is 0.723. The third-order valence-electron chi connectivity index (χ3n) is 3.77. The van der Waals surface area contributed by atoms with E-state index >= 15 is 0 Å². The molecule has 0 amide bonds. The van der Waals surface area contributed by atoms with E-state index in [9.17, 15) is 0 Å². The summed E-state index contributed by atoms with van der Waals surface area (Å²) < 4.78 is 4.18. The first kappa shape index (κ1) is 16.6. The number of nitrogens with one attached hydrogen (secondary N) is 1. The van der Waals surface area contributed by atoms with Crippen molar-refractivity contribution in [2.45, 2.75) is 72.3 Å². The highest BCUT2D eigenvalue weighted by molar-refractivity contribution is 7.05. The maximum atomic E-state index is 4.33. The SMILES string of the molecule is CCCNC(CC(CC)CC)c1snnc1C(C)C. The zero-order valence-electron chi connectivity index (χ0n) is 13.1. The second-order valence-corrected chi connectivity index (χ2v) is 6.39. The molecule has 0 aliphatic carbocycles. The molecular formula is C15H29N3S. The van der Waals surface area contributed by atoms with Crippen molar-refractivity contribution >= 4 is 11.5 Å². The summed E-state index contributed by atoms with van der Waals surface area (Å²) in [6.07, 6.45) is 4.88. The second-order valence-electron chi connectivity index (χ2n) is 5.60. The van der Waals surface area contributed by atoms with Crippen LogP contribution in [0.4, 0.5) is 0 Å². The zero-order valence-corrected chi connectivity index (χ0v) is 13.9. The monoisotopic (exact) mass is 283 g/mol. The highest BCUT2D eigenvalue weighted by atomic mass is 32.1. The molecule has 0 fully saturated rings. The van der Waals surface area contributed by atoms with Crippen molar-refractivity contribution in [1.82, 2.24) is 14.9 Å². The van der Waals surface area contributed by atoms with E-state index in [1.54, 1.807) is 11.5 Å². The van der Waals surface area contributed by atoms with Crippen LogP contribution in [0.25, 0.3) is 0 Å². The first-order valence-corrected chi connectivity index (χ1v) is 8.46. The summed E-state index contributed by atoms with van der Waals surface area (Å²) in [4.78, 5) is 1.36. The van der Waals surface area contributed by atoms with Crippen molar-refractivity contribution in [2.24, 2.45) is 5.92 Å². The minimum absolute atomic E-state index is 0.433. The minimum Gasteiger partial charge on any atom is -0.309 e. The Balaban J connectivity index is 2.85. The molecule has 1 unspecified atom stereocenters. The number of hydrogen-bond acceptors (Lipinski definition) is 4. The Labute approximate surface area is 122 Å². The summed E-state index contributed by atoms with van der Waals surface area (Å²) >= 11 is 1.58. The molecule has 3 nitrogen and oxygen atoms in total. The van der Waals surface area contributed by atoms with E-state index in [-0.39, 0.29) is 0 Å². The van der Waals surface area contributed by atoms with Gasteiger partial charge in [0.1, 0.15) is 0 Å². The Morgan fingerprint density at radius 1 is 1.16 bits per heavy atom. The number of aromatic nitrogens is 2. The van der Waals surface area contributed by atoms with E-state index in [0.717, 1.165) is 12.5 Å². The predicted octanol–water partition coefficient (Wildman–Crippen LogP) is 4.53. The van der Waals surface area contributed by atoms with Gasteiger partial charge in [0.2, 0.25) is 0 Å². The summed E-state index contributed by atoms with van der Waals surface area (Å²) in [5, 5.41) is 8.03. The van der Waals surface area contributed by atoms with Crippen LogP contribution in [0.2, 0.25) is 0 Å². The van der Waals surface area contributed by atoms with Gasteiger partial charge in [-0.2, -0.15) is 0 Å². The lowest BCUT2D eigenvalue weighted by molar-refractivity contribution is 0.372. The van der Waals surface area contributed by atoms with Gasteiger partial charge < -0.3 is 5.32 Å². The third kappa shape index (κ3) is 4.84. The van der Waals surface area contributed by atoms with Gasteiger partial charge in [0.15, 0.2) is 0 Å². The summed E-state index contributed by atoms with van der Waals surface area (Å²) in [5.74, 6) is 1.25. The molecule has 0 saturated carbocycles. The molecule has 0 aliphatic rings. The van der Waals surface area contributed by atoms with Gasteiger partial charge in [-0.05, 0) is 42.8 Å². The Morgan fingerprint density at radius 2 is 1.84 bits per heavy atom. The molecule has 0 radical (unpaired) electrons. The summed E-state index contributed by atoms with van der Waals surface area (Å²) in [6, 6.07) is 0.433. The van der Waals surface area contributed by atoms with Gasteiger partial charge in [-0.3, -0.25) is 0 Å². The first-order chi connectivity index (χ1) is 9.13. The molecule has 1 aromatic rings. The molecule has 1 atom stereocenters. The van der Waals surface area contributed by atoms with E-state index < -0.39 is 0 Å². The maximum absolute atomic E-state index is 4.33. The van der Waals surface area contributed by atoms with Crippen LogP contribution < -0.4 is 5.32 Å². The smallest absolute Gasteiger partial charge is 0.0829 e. The molecule has 19 heavy (non-hydrogen) atoms. The van der Waals surface area contributed by atoms with E-state index in [2.05, 4.69) is 49.5 Å². The number of nitrogens with zero attached hydrogens (tertiary/aromatic N) is 2. The third-order valence-corrected chi connectivity index (χ3v) is 4.62. The largest absolute Gasteiger partial charge is 0.309 e. The van der Waals surface area contributed by atoms with Crippen molar-refractivity contribution in [3.8, 4) is 0 Å². The van der Waals surface area contributed by atoms with E-state index in [0.29, 0.717) is 12.0 Å². The van der Waals surface area contributed by atoms with Crippen molar-refractivity contribution in [3.63, 3.8) is 0 Å². The Bertz CT molecular complexity index is 345. The van der Waals surface area contributed by atoms with Crippen LogP contribution in [0, 0.1) is 5.92 Å². The number of hydrogen-bond donors (Lipinski definition) is 1. The molecule has 0 spiro atoms. The van der Waals surface area contributed by atoms with E-state index in [4.69, 9.17) is 0 Å². The lowest BCUT2D eigenvalue weighted by Gasteiger charge is -2.23. The molecule has 0 saturated heterocycles. The molecule has 4 heteroatoms. The Kier molecular flexibility index (Phi) is 7.54. The number of rotatable bonds is 9. The molecule has 110 valence electrons. The van der Waals surface area contributed by atoms with Crippen LogP contribution in [0.1, 0.15) is 82.8 Å². The Hall–Kier alpha value is -0.480. The lowest BCUT2D eigenvalue weighted by atomic mass is 9.92. The standard InChI is InChI=1S/C15H29N3S/c1-6-9-16-13(10-12(7-2)8-3)15-14(11(4)5)17-18-19-15/h11-13,16H,6-10H2,1-5H3.